The van der Waals surface area contributed by atoms with Crippen molar-refractivity contribution in [2.24, 2.45) is 4.99 Å². The van der Waals surface area contributed by atoms with Crippen LogP contribution in [0.5, 0.6) is 0 Å². The topological polar surface area (TPSA) is 101 Å². The summed E-state index contributed by atoms with van der Waals surface area (Å²) in [5.41, 5.74) is 0. The standard InChI is InChI=1S/C14H30N4O4S.HI/c1-3-15-14(17-8-9-18-23(19,20)4-2)16-7-5-10-22-13-6-11-21-12-13;/h13,18H,3-12H2,1-2H3,(H2,15,16,17);1H. The third kappa shape index (κ3) is 11.4. The first-order valence-electron chi connectivity index (χ1n) is 8.26. The zero-order valence-corrected chi connectivity index (χ0v) is 17.7. The molecule has 0 aromatic carbocycles. The minimum atomic E-state index is -3.14. The van der Waals surface area contributed by atoms with E-state index in [0.717, 1.165) is 26.0 Å². The lowest BCUT2D eigenvalue weighted by atomic mass is 10.3. The Morgan fingerprint density at radius 1 is 1.29 bits per heavy atom. The Hall–Kier alpha value is -0.170. The Bertz CT molecular complexity index is 442. The van der Waals surface area contributed by atoms with Crippen LogP contribution in [0, 0.1) is 0 Å². The first-order valence-corrected chi connectivity index (χ1v) is 9.91. The zero-order chi connectivity index (χ0) is 17.0. The van der Waals surface area contributed by atoms with Crippen molar-refractivity contribution in [3.8, 4) is 0 Å². The molecule has 1 saturated heterocycles. The van der Waals surface area contributed by atoms with Gasteiger partial charge in [-0.1, -0.05) is 0 Å². The Morgan fingerprint density at radius 2 is 2.08 bits per heavy atom. The van der Waals surface area contributed by atoms with Crippen LogP contribution >= 0.6 is 24.0 Å². The maximum atomic E-state index is 11.3. The predicted octanol–water partition coefficient (Wildman–Crippen LogP) is 0.294. The van der Waals surface area contributed by atoms with Crippen molar-refractivity contribution >= 4 is 40.0 Å². The number of nitrogens with one attached hydrogen (secondary N) is 3. The SMILES string of the molecule is CCNC(=NCCCOC1CCOC1)NCCNS(=O)(=O)CC.I. The van der Waals surface area contributed by atoms with E-state index in [4.69, 9.17) is 9.47 Å². The normalized spacial score (nSPS) is 18.2. The third-order valence-electron chi connectivity index (χ3n) is 3.28. The highest BCUT2D eigenvalue weighted by Crippen LogP contribution is 2.07. The van der Waals surface area contributed by atoms with Crippen molar-refractivity contribution in [1.82, 2.24) is 15.4 Å². The van der Waals surface area contributed by atoms with Gasteiger partial charge in [0, 0.05) is 39.4 Å². The molecule has 1 unspecified atom stereocenters. The van der Waals surface area contributed by atoms with Gasteiger partial charge in [0.15, 0.2) is 5.96 Å². The zero-order valence-electron chi connectivity index (χ0n) is 14.5. The minimum Gasteiger partial charge on any atom is -0.379 e. The van der Waals surface area contributed by atoms with E-state index < -0.39 is 10.0 Å². The van der Waals surface area contributed by atoms with Gasteiger partial charge in [-0.05, 0) is 26.7 Å². The molecule has 3 N–H and O–H groups in total. The summed E-state index contributed by atoms with van der Waals surface area (Å²) < 4.78 is 36.1. The molecule has 10 heteroatoms. The van der Waals surface area contributed by atoms with Crippen LogP contribution in [0.3, 0.4) is 0 Å². The molecule has 1 rings (SSSR count). The molecule has 8 nitrogen and oxygen atoms in total. The lowest BCUT2D eigenvalue weighted by Crippen LogP contribution is -2.41. The number of guanidine groups is 1. The number of aliphatic imine (C=N–C) groups is 1. The molecule has 0 aromatic heterocycles. The molecule has 1 atom stereocenters. The maximum absolute atomic E-state index is 11.3. The van der Waals surface area contributed by atoms with Crippen molar-refractivity contribution in [1.29, 1.82) is 0 Å². The number of hydrogen-bond donors (Lipinski definition) is 3. The summed E-state index contributed by atoms with van der Waals surface area (Å²) in [6, 6.07) is 0. The fraction of sp³-hybridized carbons (Fsp3) is 0.929. The number of halogens is 1. The molecule has 0 saturated carbocycles. The fourth-order valence-corrected chi connectivity index (χ4v) is 2.60. The van der Waals surface area contributed by atoms with Gasteiger partial charge in [-0.15, -0.1) is 24.0 Å². The van der Waals surface area contributed by atoms with Crippen molar-refractivity contribution in [2.45, 2.75) is 32.8 Å². The van der Waals surface area contributed by atoms with Gasteiger partial charge in [-0.3, -0.25) is 4.99 Å². The second-order valence-corrected chi connectivity index (χ2v) is 7.29. The molecule has 0 bridgehead atoms. The summed E-state index contributed by atoms with van der Waals surface area (Å²) in [4.78, 5) is 4.44. The molecule has 1 aliphatic rings. The first kappa shape index (κ1) is 23.8. The fourth-order valence-electron chi connectivity index (χ4n) is 1.98. The third-order valence-corrected chi connectivity index (χ3v) is 4.68. The van der Waals surface area contributed by atoms with Crippen molar-refractivity contribution in [3.05, 3.63) is 0 Å². The van der Waals surface area contributed by atoms with Crippen LogP contribution in [0.2, 0.25) is 0 Å². The number of rotatable bonds is 11. The Morgan fingerprint density at radius 3 is 2.71 bits per heavy atom. The molecule has 144 valence electrons. The van der Waals surface area contributed by atoms with E-state index in [-0.39, 0.29) is 35.8 Å². The van der Waals surface area contributed by atoms with E-state index in [1.165, 1.54) is 0 Å². The first-order chi connectivity index (χ1) is 11.1. The Labute approximate surface area is 162 Å². The van der Waals surface area contributed by atoms with Crippen LogP contribution in [-0.4, -0.2) is 72.2 Å². The van der Waals surface area contributed by atoms with Crippen molar-refractivity contribution in [2.75, 3.05) is 51.8 Å². The van der Waals surface area contributed by atoms with Gasteiger partial charge in [-0.2, -0.15) is 0 Å². The van der Waals surface area contributed by atoms with E-state index >= 15 is 0 Å². The van der Waals surface area contributed by atoms with Crippen LogP contribution in [0.25, 0.3) is 0 Å². The smallest absolute Gasteiger partial charge is 0.211 e. The maximum Gasteiger partial charge on any atom is 0.211 e. The lowest BCUT2D eigenvalue weighted by molar-refractivity contribution is 0.0424. The average molecular weight is 478 g/mol. The van der Waals surface area contributed by atoms with Crippen molar-refractivity contribution in [3.63, 3.8) is 0 Å². The van der Waals surface area contributed by atoms with E-state index in [2.05, 4.69) is 20.3 Å². The number of ether oxygens (including phenoxy) is 2. The van der Waals surface area contributed by atoms with E-state index in [1.807, 2.05) is 6.92 Å². The summed E-state index contributed by atoms with van der Waals surface area (Å²) in [5.74, 6) is 0.778. The van der Waals surface area contributed by atoms with Gasteiger partial charge in [0.1, 0.15) is 0 Å². The summed E-state index contributed by atoms with van der Waals surface area (Å²) >= 11 is 0. The Balaban J connectivity index is 0.00000529. The van der Waals surface area contributed by atoms with Crippen LogP contribution in [0.1, 0.15) is 26.7 Å². The van der Waals surface area contributed by atoms with E-state index in [9.17, 15) is 8.42 Å². The summed E-state index contributed by atoms with van der Waals surface area (Å²) in [5, 5.41) is 6.23. The molecule has 1 aliphatic heterocycles. The minimum absolute atomic E-state index is 0. The second kappa shape index (κ2) is 14.0. The van der Waals surface area contributed by atoms with Crippen LogP contribution in [0.4, 0.5) is 0 Å². The number of nitrogens with zero attached hydrogens (tertiary/aromatic N) is 1. The van der Waals surface area contributed by atoms with Crippen LogP contribution in [0.15, 0.2) is 4.99 Å². The molecule has 0 radical (unpaired) electrons. The lowest BCUT2D eigenvalue weighted by Gasteiger charge is -2.12. The largest absolute Gasteiger partial charge is 0.379 e. The summed E-state index contributed by atoms with van der Waals surface area (Å²) in [6.45, 7) is 7.99. The molecule has 1 fully saturated rings. The van der Waals surface area contributed by atoms with E-state index in [0.29, 0.717) is 38.8 Å². The summed E-state index contributed by atoms with van der Waals surface area (Å²) in [6.07, 6.45) is 2.05. The average Bonchev–Trinajstić information content (AvgIpc) is 3.04. The highest BCUT2D eigenvalue weighted by Gasteiger charge is 2.15. The second-order valence-electron chi connectivity index (χ2n) is 5.20. The van der Waals surface area contributed by atoms with Crippen LogP contribution in [-0.2, 0) is 19.5 Å². The predicted molar refractivity (Wildman–Crippen MR) is 107 cm³/mol. The Kier molecular flexibility index (Phi) is 13.9. The molecular weight excluding hydrogens is 447 g/mol. The van der Waals surface area contributed by atoms with Gasteiger partial charge in [0.25, 0.3) is 0 Å². The highest BCUT2D eigenvalue weighted by atomic mass is 127. The number of sulfonamides is 1. The van der Waals surface area contributed by atoms with Gasteiger partial charge in [-0.25, -0.2) is 13.1 Å². The van der Waals surface area contributed by atoms with Gasteiger partial charge >= 0.3 is 0 Å². The molecule has 0 spiro atoms. The molecule has 0 aliphatic carbocycles. The molecule has 1 heterocycles. The van der Waals surface area contributed by atoms with E-state index in [1.54, 1.807) is 6.92 Å². The monoisotopic (exact) mass is 478 g/mol. The molecular formula is C14H31IN4O4S. The molecule has 24 heavy (non-hydrogen) atoms. The van der Waals surface area contributed by atoms with Gasteiger partial charge < -0.3 is 20.1 Å². The number of hydrogen-bond acceptors (Lipinski definition) is 5. The van der Waals surface area contributed by atoms with Gasteiger partial charge in [0.2, 0.25) is 10.0 Å². The molecule has 0 aromatic rings. The van der Waals surface area contributed by atoms with Crippen LogP contribution < -0.4 is 15.4 Å². The van der Waals surface area contributed by atoms with Gasteiger partial charge in [0.05, 0.1) is 18.5 Å². The molecule has 0 amide bonds. The highest BCUT2D eigenvalue weighted by molar-refractivity contribution is 14.0. The quantitative estimate of drug-likeness (QED) is 0.171. The summed E-state index contributed by atoms with van der Waals surface area (Å²) in [7, 11) is -3.14. The van der Waals surface area contributed by atoms with Crippen molar-refractivity contribution < 1.29 is 17.9 Å².